The van der Waals surface area contributed by atoms with Crippen molar-refractivity contribution in [1.29, 1.82) is 0 Å². The number of carboxylic acid groups (broad SMARTS) is 1. The largest absolute Gasteiger partial charge is 0.497 e. The summed E-state index contributed by atoms with van der Waals surface area (Å²) in [6.45, 7) is 1.02. The SMILES string of the molecule is COc1ccc2nccc(C(F)CC[C@@H]3CCN(CC#Cc4c(F)cccc4F)C[C@@H]3C(=O)O)c2c1. The van der Waals surface area contributed by atoms with Crippen LogP contribution >= 0.6 is 0 Å². The third kappa shape index (κ3) is 5.80. The molecule has 2 aromatic carbocycles. The number of hydrogen-bond acceptors (Lipinski definition) is 4. The molecule has 1 fully saturated rings. The van der Waals surface area contributed by atoms with E-state index in [4.69, 9.17) is 4.74 Å². The second kappa shape index (κ2) is 11.4. The Morgan fingerprint density at radius 2 is 2.03 bits per heavy atom. The van der Waals surface area contributed by atoms with Gasteiger partial charge in [-0.05, 0) is 73.7 Å². The molecule has 188 valence electrons. The predicted octanol–water partition coefficient (Wildman–Crippen LogP) is 5.39. The number of nitrogens with zero attached hydrogens (tertiary/aromatic N) is 2. The Labute approximate surface area is 207 Å². The molecule has 0 radical (unpaired) electrons. The van der Waals surface area contributed by atoms with E-state index in [-0.39, 0.29) is 31.0 Å². The number of aliphatic carboxylic acids is 1. The molecule has 1 unspecified atom stereocenters. The number of pyridine rings is 1. The number of piperidine rings is 1. The highest BCUT2D eigenvalue weighted by molar-refractivity contribution is 5.83. The lowest BCUT2D eigenvalue weighted by Crippen LogP contribution is -2.44. The van der Waals surface area contributed by atoms with E-state index < -0.39 is 29.7 Å². The van der Waals surface area contributed by atoms with Crippen LogP contribution in [0.25, 0.3) is 10.9 Å². The lowest BCUT2D eigenvalue weighted by Gasteiger charge is -2.35. The molecule has 0 aliphatic carbocycles. The lowest BCUT2D eigenvalue weighted by molar-refractivity contribution is -0.146. The molecule has 1 aliphatic heterocycles. The van der Waals surface area contributed by atoms with E-state index in [1.807, 2.05) is 4.90 Å². The Balaban J connectivity index is 1.39. The molecule has 3 atom stereocenters. The number of halogens is 3. The zero-order valence-corrected chi connectivity index (χ0v) is 19.9. The number of hydrogen-bond donors (Lipinski definition) is 1. The van der Waals surface area contributed by atoms with Gasteiger partial charge < -0.3 is 9.84 Å². The number of methoxy groups -OCH3 is 1. The minimum atomic E-state index is -1.27. The fourth-order valence-corrected chi connectivity index (χ4v) is 4.76. The molecule has 4 rings (SSSR count). The van der Waals surface area contributed by atoms with E-state index in [0.717, 1.165) is 12.1 Å². The van der Waals surface area contributed by atoms with Crippen molar-refractivity contribution in [3.05, 3.63) is 71.4 Å². The molecule has 3 aromatic rings. The fourth-order valence-electron chi connectivity index (χ4n) is 4.76. The van der Waals surface area contributed by atoms with Crippen LogP contribution < -0.4 is 4.74 Å². The number of rotatable bonds is 7. The first-order valence-electron chi connectivity index (χ1n) is 11.8. The average Bonchev–Trinajstić information content (AvgIpc) is 2.88. The van der Waals surface area contributed by atoms with E-state index in [0.29, 0.717) is 41.6 Å². The number of aromatic nitrogens is 1. The molecule has 8 heteroatoms. The smallest absolute Gasteiger partial charge is 0.308 e. The Morgan fingerprint density at radius 1 is 1.25 bits per heavy atom. The van der Waals surface area contributed by atoms with Crippen molar-refractivity contribution >= 4 is 16.9 Å². The molecule has 2 heterocycles. The van der Waals surface area contributed by atoms with Crippen LogP contribution in [0.2, 0.25) is 0 Å². The monoisotopic (exact) mass is 496 g/mol. The lowest BCUT2D eigenvalue weighted by atomic mass is 9.81. The van der Waals surface area contributed by atoms with Crippen LogP contribution in [0.4, 0.5) is 13.2 Å². The molecular formula is C28H27F3N2O3. The topological polar surface area (TPSA) is 62.7 Å². The van der Waals surface area contributed by atoms with Gasteiger partial charge in [0.2, 0.25) is 0 Å². The Bertz CT molecular complexity index is 1280. The maximum atomic E-state index is 15.3. The summed E-state index contributed by atoms with van der Waals surface area (Å²) in [5.74, 6) is 2.62. The van der Waals surface area contributed by atoms with E-state index in [1.165, 1.54) is 6.07 Å². The van der Waals surface area contributed by atoms with Gasteiger partial charge in [0.25, 0.3) is 0 Å². The summed E-state index contributed by atoms with van der Waals surface area (Å²) in [5, 5.41) is 10.5. The molecule has 0 bridgehead atoms. The second-order valence-corrected chi connectivity index (χ2v) is 8.96. The molecule has 5 nitrogen and oxygen atoms in total. The first kappa shape index (κ1) is 25.5. The Kier molecular flexibility index (Phi) is 8.11. The summed E-state index contributed by atoms with van der Waals surface area (Å²) in [6.07, 6.45) is 1.49. The molecule has 0 amide bonds. The van der Waals surface area contributed by atoms with E-state index in [1.54, 1.807) is 37.6 Å². The van der Waals surface area contributed by atoms with Crippen LogP contribution in [0.15, 0.2) is 48.7 Å². The van der Waals surface area contributed by atoms with Gasteiger partial charge in [-0.3, -0.25) is 14.7 Å². The summed E-state index contributed by atoms with van der Waals surface area (Å²) in [6, 6.07) is 10.5. The van der Waals surface area contributed by atoms with Crippen molar-refractivity contribution in [2.24, 2.45) is 11.8 Å². The third-order valence-corrected chi connectivity index (χ3v) is 6.75. The van der Waals surface area contributed by atoms with Gasteiger partial charge in [-0.2, -0.15) is 0 Å². The van der Waals surface area contributed by atoms with Crippen molar-refractivity contribution in [2.75, 3.05) is 26.7 Å². The van der Waals surface area contributed by atoms with Crippen LogP contribution in [-0.2, 0) is 4.79 Å². The van der Waals surface area contributed by atoms with Gasteiger partial charge in [-0.15, -0.1) is 0 Å². The van der Waals surface area contributed by atoms with E-state index >= 15 is 4.39 Å². The average molecular weight is 497 g/mol. The van der Waals surface area contributed by atoms with E-state index in [2.05, 4.69) is 16.8 Å². The van der Waals surface area contributed by atoms with Gasteiger partial charge in [-0.25, -0.2) is 13.2 Å². The van der Waals surface area contributed by atoms with Crippen LogP contribution in [0.1, 0.15) is 36.6 Å². The van der Waals surface area contributed by atoms with Gasteiger partial charge in [0.05, 0.1) is 30.7 Å². The Hall–Kier alpha value is -3.57. The van der Waals surface area contributed by atoms with Crippen LogP contribution in [-0.4, -0.2) is 47.7 Å². The quantitative estimate of drug-likeness (QED) is 0.445. The first-order valence-corrected chi connectivity index (χ1v) is 11.8. The Morgan fingerprint density at radius 3 is 2.75 bits per heavy atom. The second-order valence-electron chi connectivity index (χ2n) is 8.96. The van der Waals surface area contributed by atoms with Crippen molar-refractivity contribution in [3.8, 4) is 17.6 Å². The van der Waals surface area contributed by atoms with Crippen LogP contribution in [0.5, 0.6) is 5.75 Å². The highest BCUT2D eigenvalue weighted by atomic mass is 19.1. The maximum Gasteiger partial charge on any atom is 0.308 e. The third-order valence-electron chi connectivity index (χ3n) is 6.75. The molecule has 0 spiro atoms. The van der Waals surface area contributed by atoms with Gasteiger partial charge in [-0.1, -0.05) is 17.9 Å². The number of carboxylic acids is 1. The van der Waals surface area contributed by atoms with Gasteiger partial charge in [0, 0.05) is 18.1 Å². The molecule has 1 aliphatic rings. The number of likely N-dealkylation sites (tertiary alicyclic amines) is 1. The highest BCUT2D eigenvalue weighted by Crippen LogP contribution is 2.35. The zero-order valence-electron chi connectivity index (χ0n) is 19.9. The summed E-state index contributed by atoms with van der Waals surface area (Å²) in [7, 11) is 1.55. The normalized spacial score (nSPS) is 18.9. The van der Waals surface area contributed by atoms with Crippen molar-refractivity contribution in [1.82, 2.24) is 9.88 Å². The highest BCUT2D eigenvalue weighted by Gasteiger charge is 2.34. The standard InChI is InChI=1S/C28H27F3N2O3/c1-36-19-8-10-27-22(16-19)20(11-13-32-27)26(31)9-7-18-12-15-33(17-23(18)28(34)35)14-3-4-21-24(29)5-2-6-25(21)30/h2,5-6,8,10-11,13,16,18,23,26H,7,9,12,14-15,17H2,1H3,(H,34,35)/t18-,23+,26?/m1/s1. The van der Waals surface area contributed by atoms with Crippen molar-refractivity contribution < 1.29 is 27.8 Å². The maximum absolute atomic E-state index is 15.3. The summed E-state index contributed by atoms with van der Waals surface area (Å²) in [5.41, 5.74) is 0.889. The summed E-state index contributed by atoms with van der Waals surface area (Å²) < 4.78 is 48.1. The summed E-state index contributed by atoms with van der Waals surface area (Å²) >= 11 is 0. The van der Waals surface area contributed by atoms with Crippen LogP contribution in [0.3, 0.4) is 0 Å². The summed E-state index contributed by atoms with van der Waals surface area (Å²) in [4.78, 5) is 18.1. The fraction of sp³-hybridized carbons (Fsp3) is 0.357. The zero-order chi connectivity index (χ0) is 25.7. The molecular weight excluding hydrogens is 469 g/mol. The molecule has 1 aromatic heterocycles. The number of benzene rings is 2. The molecule has 1 saturated heterocycles. The minimum Gasteiger partial charge on any atom is -0.497 e. The number of ether oxygens (including phenoxy) is 1. The molecule has 36 heavy (non-hydrogen) atoms. The minimum absolute atomic E-state index is 0.184. The van der Waals surface area contributed by atoms with Crippen molar-refractivity contribution in [2.45, 2.75) is 25.4 Å². The molecule has 1 N–H and O–H groups in total. The number of fused-ring (bicyclic) bond motifs is 1. The van der Waals surface area contributed by atoms with Crippen molar-refractivity contribution in [3.63, 3.8) is 0 Å². The first-order chi connectivity index (χ1) is 17.4. The number of carbonyl (C=O) groups is 1. The molecule has 0 saturated carbocycles. The predicted molar refractivity (Wildman–Crippen MR) is 130 cm³/mol. The van der Waals surface area contributed by atoms with Gasteiger partial charge in [0.15, 0.2) is 0 Å². The van der Waals surface area contributed by atoms with Crippen LogP contribution in [0, 0.1) is 35.3 Å². The van der Waals surface area contributed by atoms with Gasteiger partial charge in [0.1, 0.15) is 23.6 Å². The number of alkyl halides is 1. The van der Waals surface area contributed by atoms with Gasteiger partial charge >= 0.3 is 5.97 Å². The van der Waals surface area contributed by atoms with E-state index in [9.17, 15) is 18.7 Å².